The van der Waals surface area contributed by atoms with E-state index < -0.39 is 20.7 Å². The van der Waals surface area contributed by atoms with Gasteiger partial charge >= 0.3 is 8.03 Å². The predicted molar refractivity (Wildman–Crippen MR) is 27.8 cm³/mol. The van der Waals surface area contributed by atoms with E-state index in [1.807, 2.05) is 0 Å². The van der Waals surface area contributed by atoms with E-state index in [4.69, 9.17) is 15.1 Å². The third-order valence-electron chi connectivity index (χ3n) is 0.578. The average molecular weight is 139 g/mol. The first-order valence-corrected chi connectivity index (χ1v) is 3.49. The Balaban J connectivity index is 3.24. The minimum Gasteiger partial charge on any atom is -0.394 e. The summed E-state index contributed by atoms with van der Waals surface area (Å²) in [5.41, 5.74) is 0. The van der Waals surface area contributed by atoms with E-state index in [2.05, 4.69) is 0 Å². The lowest BCUT2D eigenvalue weighted by Gasteiger charge is -1.93. The Kier molecular flexibility index (Phi) is 3.91. The van der Waals surface area contributed by atoms with Gasteiger partial charge in [-0.1, -0.05) is 0 Å². The van der Waals surface area contributed by atoms with E-state index in [1.165, 1.54) is 0 Å². The minimum absolute atomic E-state index is 0.244. The van der Waals surface area contributed by atoms with Gasteiger partial charge in [-0.3, -0.25) is 0 Å². The van der Waals surface area contributed by atoms with Gasteiger partial charge in [0.15, 0.2) is 0 Å². The van der Waals surface area contributed by atoms with E-state index in [-0.39, 0.29) is 6.16 Å². The summed E-state index contributed by atoms with van der Waals surface area (Å²) in [6.45, 7) is -0.457. The van der Waals surface area contributed by atoms with Crippen LogP contribution in [-0.2, 0) is 4.57 Å². The third-order valence-corrected chi connectivity index (χ3v) is 1.31. The molecule has 0 saturated carbocycles. The van der Waals surface area contributed by atoms with E-state index in [9.17, 15) is 4.57 Å². The van der Waals surface area contributed by atoms with Gasteiger partial charge < -0.3 is 10.2 Å². The second-order valence-electron chi connectivity index (χ2n) is 1.37. The van der Waals surface area contributed by atoms with Crippen LogP contribution in [0.25, 0.3) is 0 Å². The Morgan fingerprint density at radius 2 is 2.12 bits per heavy atom. The normalized spacial score (nSPS) is 15.6. The van der Waals surface area contributed by atoms with Crippen LogP contribution in [0.15, 0.2) is 0 Å². The zero-order valence-corrected chi connectivity index (χ0v) is 5.08. The second kappa shape index (κ2) is 3.92. The van der Waals surface area contributed by atoms with Crippen molar-refractivity contribution in [3.63, 3.8) is 0 Å². The van der Waals surface area contributed by atoms with Crippen LogP contribution in [0.2, 0.25) is 0 Å². The molecule has 48 valence electrons. The highest BCUT2D eigenvalue weighted by Crippen LogP contribution is 2.12. The quantitative estimate of drug-likeness (QED) is 0.441. The molecule has 0 aliphatic heterocycles. The molecule has 0 aliphatic carbocycles. The lowest BCUT2D eigenvalue weighted by atomic mass is 10.4. The van der Waals surface area contributed by atoms with Gasteiger partial charge in [0.2, 0.25) is 6.16 Å². The van der Waals surface area contributed by atoms with Crippen molar-refractivity contribution in [3.05, 3.63) is 0 Å². The SMILES string of the molecule is O=[P+](O)CC(O)CO. The first-order valence-electron chi connectivity index (χ1n) is 2.09. The van der Waals surface area contributed by atoms with Crippen LogP contribution >= 0.6 is 8.03 Å². The molecule has 0 amide bonds. The fourth-order valence-corrected chi connectivity index (χ4v) is 0.714. The largest absolute Gasteiger partial charge is 0.508 e. The van der Waals surface area contributed by atoms with Gasteiger partial charge in [0, 0.05) is 0 Å². The lowest BCUT2D eigenvalue weighted by molar-refractivity contribution is 0.111. The predicted octanol–water partition coefficient (Wildman–Crippen LogP) is -0.926. The molecule has 8 heavy (non-hydrogen) atoms. The minimum atomic E-state index is -2.31. The molecule has 4 nitrogen and oxygen atoms in total. The molecular weight excluding hydrogens is 131 g/mol. The molecular formula is C3H8O4P+. The van der Waals surface area contributed by atoms with Crippen molar-refractivity contribution in [2.24, 2.45) is 0 Å². The number of hydrogen-bond donors (Lipinski definition) is 3. The molecule has 0 aromatic carbocycles. The highest BCUT2D eigenvalue weighted by atomic mass is 31.1. The van der Waals surface area contributed by atoms with E-state index in [1.54, 1.807) is 0 Å². The highest BCUT2D eigenvalue weighted by Gasteiger charge is 2.16. The maximum Gasteiger partial charge on any atom is 0.508 e. The fraction of sp³-hybridized carbons (Fsp3) is 1.00. The number of aliphatic hydroxyl groups is 2. The van der Waals surface area contributed by atoms with Crippen LogP contribution in [0.4, 0.5) is 0 Å². The van der Waals surface area contributed by atoms with Crippen LogP contribution in [0.5, 0.6) is 0 Å². The molecule has 2 unspecified atom stereocenters. The Morgan fingerprint density at radius 1 is 1.62 bits per heavy atom. The molecule has 0 aromatic heterocycles. The van der Waals surface area contributed by atoms with E-state index in [0.717, 1.165) is 0 Å². The summed E-state index contributed by atoms with van der Waals surface area (Å²) in [4.78, 5) is 8.09. The molecule has 0 spiro atoms. The number of rotatable bonds is 3. The summed E-state index contributed by atoms with van der Waals surface area (Å²) in [5, 5.41) is 16.5. The Morgan fingerprint density at radius 3 is 2.25 bits per heavy atom. The van der Waals surface area contributed by atoms with Crippen molar-refractivity contribution in [1.82, 2.24) is 0 Å². The maximum atomic E-state index is 9.85. The Hall–Kier alpha value is -0.0200. The number of aliphatic hydroxyl groups excluding tert-OH is 2. The third kappa shape index (κ3) is 4.15. The van der Waals surface area contributed by atoms with Gasteiger partial charge in [-0.05, 0) is 4.57 Å². The van der Waals surface area contributed by atoms with Crippen molar-refractivity contribution in [3.8, 4) is 0 Å². The van der Waals surface area contributed by atoms with Crippen molar-refractivity contribution >= 4 is 8.03 Å². The molecule has 0 radical (unpaired) electrons. The summed E-state index contributed by atoms with van der Waals surface area (Å²) in [5.74, 6) is 0. The smallest absolute Gasteiger partial charge is 0.394 e. The zero-order valence-electron chi connectivity index (χ0n) is 4.19. The van der Waals surface area contributed by atoms with Gasteiger partial charge in [-0.15, -0.1) is 0 Å². The fourth-order valence-electron chi connectivity index (χ4n) is 0.238. The Bertz CT molecular complexity index is 83.4. The van der Waals surface area contributed by atoms with Gasteiger partial charge in [0.05, 0.1) is 6.61 Å². The zero-order chi connectivity index (χ0) is 6.57. The van der Waals surface area contributed by atoms with Crippen LogP contribution in [0.1, 0.15) is 0 Å². The summed E-state index contributed by atoms with van der Waals surface area (Å²) in [7, 11) is -2.31. The molecule has 0 bridgehead atoms. The van der Waals surface area contributed by atoms with Crippen molar-refractivity contribution in [1.29, 1.82) is 0 Å². The standard InChI is InChI=1S/C3H7O4P/c4-1-3(5)2-8(6)7/h3-5H,1-2H2/p+1. The highest BCUT2D eigenvalue weighted by molar-refractivity contribution is 7.38. The average Bonchev–Trinajstić information content (AvgIpc) is 1.65. The van der Waals surface area contributed by atoms with Crippen LogP contribution in [0.3, 0.4) is 0 Å². The second-order valence-corrected chi connectivity index (χ2v) is 2.44. The number of hydrogen-bond acceptors (Lipinski definition) is 3. The molecule has 0 aliphatic rings. The molecule has 0 rings (SSSR count). The van der Waals surface area contributed by atoms with Gasteiger partial charge in [0.1, 0.15) is 6.10 Å². The van der Waals surface area contributed by atoms with Crippen LogP contribution < -0.4 is 0 Å². The van der Waals surface area contributed by atoms with Gasteiger partial charge in [0.25, 0.3) is 0 Å². The van der Waals surface area contributed by atoms with Gasteiger partial charge in [-0.25, -0.2) is 0 Å². The van der Waals surface area contributed by atoms with Gasteiger partial charge in [-0.2, -0.15) is 4.89 Å². The van der Waals surface area contributed by atoms with Crippen molar-refractivity contribution in [2.75, 3.05) is 12.8 Å². The molecule has 0 saturated heterocycles. The van der Waals surface area contributed by atoms with Crippen LogP contribution in [0, 0.1) is 0 Å². The van der Waals surface area contributed by atoms with E-state index in [0.29, 0.717) is 0 Å². The molecule has 3 N–H and O–H groups in total. The maximum absolute atomic E-state index is 9.85. The lowest BCUT2D eigenvalue weighted by Crippen LogP contribution is -2.14. The van der Waals surface area contributed by atoms with Crippen molar-refractivity contribution < 1.29 is 19.7 Å². The van der Waals surface area contributed by atoms with Crippen molar-refractivity contribution in [2.45, 2.75) is 6.10 Å². The summed E-state index contributed by atoms with van der Waals surface area (Å²) >= 11 is 0. The first kappa shape index (κ1) is 7.98. The topological polar surface area (TPSA) is 77.8 Å². The summed E-state index contributed by atoms with van der Waals surface area (Å²) in [6, 6.07) is 0. The Labute approximate surface area is 47.6 Å². The summed E-state index contributed by atoms with van der Waals surface area (Å²) < 4.78 is 9.85. The van der Waals surface area contributed by atoms with E-state index >= 15 is 0 Å². The molecule has 2 atom stereocenters. The monoisotopic (exact) mass is 139 g/mol. The molecule has 0 heterocycles. The summed E-state index contributed by atoms with van der Waals surface area (Å²) in [6.07, 6.45) is -1.30. The van der Waals surface area contributed by atoms with Crippen LogP contribution in [-0.4, -0.2) is 34.0 Å². The molecule has 0 aromatic rings. The first-order chi connectivity index (χ1) is 3.66. The molecule has 0 fully saturated rings. The molecule has 5 heteroatoms.